The Morgan fingerprint density at radius 1 is 1.00 bits per heavy atom. The van der Waals surface area contributed by atoms with Crippen molar-refractivity contribution in [3.63, 3.8) is 0 Å². The minimum absolute atomic E-state index is 0.419. The average Bonchev–Trinajstić information content (AvgIpc) is 2.44. The second-order valence-corrected chi connectivity index (χ2v) is 6.28. The van der Waals surface area contributed by atoms with E-state index in [-0.39, 0.29) is 0 Å². The lowest BCUT2D eigenvalue weighted by Crippen LogP contribution is -2.56. The topological polar surface area (TPSA) is 32.5 Å². The zero-order valence-corrected chi connectivity index (χ0v) is 13.5. The van der Waals surface area contributed by atoms with Gasteiger partial charge in [0.25, 0.3) is 0 Å². The molecule has 1 atom stereocenters. The molecule has 0 aromatic rings. The van der Waals surface area contributed by atoms with E-state index in [1.165, 1.54) is 64.7 Å². The summed E-state index contributed by atoms with van der Waals surface area (Å²) < 4.78 is 0. The zero-order valence-electron chi connectivity index (χ0n) is 13.5. The van der Waals surface area contributed by atoms with Gasteiger partial charge in [-0.25, -0.2) is 0 Å². The van der Waals surface area contributed by atoms with Crippen LogP contribution >= 0.6 is 0 Å². The van der Waals surface area contributed by atoms with E-state index in [4.69, 9.17) is 5.73 Å². The molecule has 0 aromatic heterocycles. The van der Waals surface area contributed by atoms with Crippen molar-refractivity contribution in [2.75, 3.05) is 39.3 Å². The molecule has 1 rings (SSSR count). The maximum atomic E-state index is 5.64. The maximum absolute atomic E-state index is 5.64. The van der Waals surface area contributed by atoms with Crippen molar-refractivity contribution in [3.05, 3.63) is 0 Å². The molecule has 0 amide bonds. The van der Waals surface area contributed by atoms with Crippen LogP contribution < -0.4 is 5.73 Å². The van der Waals surface area contributed by atoms with Crippen LogP contribution in [0.3, 0.4) is 0 Å². The van der Waals surface area contributed by atoms with Gasteiger partial charge in [-0.2, -0.15) is 0 Å². The van der Waals surface area contributed by atoms with Crippen LogP contribution in [0.5, 0.6) is 0 Å². The van der Waals surface area contributed by atoms with Crippen LogP contribution in [-0.2, 0) is 0 Å². The lowest BCUT2D eigenvalue weighted by Gasteiger charge is -2.46. The molecule has 1 saturated heterocycles. The molecule has 1 aliphatic heterocycles. The van der Waals surface area contributed by atoms with Crippen molar-refractivity contribution in [1.29, 1.82) is 0 Å². The molecule has 114 valence electrons. The van der Waals surface area contributed by atoms with Crippen molar-refractivity contribution in [3.8, 4) is 0 Å². The minimum Gasteiger partial charge on any atom is -0.329 e. The third-order valence-corrected chi connectivity index (χ3v) is 4.91. The Hall–Kier alpha value is -0.120. The molecule has 0 bridgehead atoms. The highest BCUT2D eigenvalue weighted by atomic mass is 15.3. The fraction of sp³-hybridized carbons (Fsp3) is 1.00. The number of unbranched alkanes of at least 4 members (excludes halogenated alkanes) is 3. The number of nitrogens with zero attached hydrogens (tertiary/aromatic N) is 2. The Morgan fingerprint density at radius 2 is 1.68 bits per heavy atom. The molecule has 0 aliphatic carbocycles. The van der Waals surface area contributed by atoms with E-state index in [0.29, 0.717) is 5.54 Å². The normalized spacial score (nSPS) is 21.5. The number of rotatable bonds is 9. The molecule has 1 unspecified atom stereocenters. The Morgan fingerprint density at radius 3 is 2.21 bits per heavy atom. The summed E-state index contributed by atoms with van der Waals surface area (Å²) in [5.74, 6) is 0. The summed E-state index contributed by atoms with van der Waals surface area (Å²) in [4.78, 5) is 5.23. The summed E-state index contributed by atoms with van der Waals surface area (Å²) in [5.41, 5.74) is 6.06. The van der Waals surface area contributed by atoms with Crippen LogP contribution in [0.2, 0.25) is 0 Å². The van der Waals surface area contributed by atoms with Crippen LogP contribution in [0.25, 0.3) is 0 Å². The summed E-state index contributed by atoms with van der Waals surface area (Å²) >= 11 is 0. The van der Waals surface area contributed by atoms with Gasteiger partial charge in [0.1, 0.15) is 0 Å². The first-order valence-electron chi connectivity index (χ1n) is 8.33. The molecular weight excluding hydrogens is 234 g/mol. The van der Waals surface area contributed by atoms with Gasteiger partial charge in [-0.05, 0) is 19.8 Å². The molecule has 1 fully saturated rings. The smallest absolute Gasteiger partial charge is 0.0179 e. The highest BCUT2D eigenvalue weighted by Gasteiger charge is 2.31. The van der Waals surface area contributed by atoms with E-state index < -0.39 is 0 Å². The van der Waals surface area contributed by atoms with Gasteiger partial charge < -0.3 is 5.73 Å². The van der Waals surface area contributed by atoms with Crippen LogP contribution in [0.4, 0.5) is 0 Å². The number of piperazine rings is 1. The molecule has 1 heterocycles. The third kappa shape index (κ3) is 5.41. The van der Waals surface area contributed by atoms with Gasteiger partial charge in [0, 0.05) is 44.8 Å². The Balaban J connectivity index is 2.37. The Bertz CT molecular complexity index is 224. The molecule has 3 nitrogen and oxygen atoms in total. The lowest BCUT2D eigenvalue weighted by atomic mass is 9.88. The van der Waals surface area contributed by atoms with Crippen molar-refractivity contribution in [2.45, 2.75) is 64.8 Å². The Kier molecular flexibility index (Phi) is 7.96. The highest BCUT2D eigenvalue weighted by Crippen LogP contribution is 2.27. The van der Waals surface area contributed by atoms with Crippen LogP contribution in [0, 0.1) is 0 Å². The predicted octanol–water partition coefficient (Wildman–Crippen LogP) is 2.70. The van der Waals surface area contributed by atoms with E-state index in [0.717, 1.165) is 13.1 Å². The van der Waals surface area contributed by atoms with Crippen LogP contribution in [-0.4, -0.2) is 54.6 Å². The van der Waals surface area contributed by atoms with Gasteiger partial charge in [-0.1, -0.05) is 39.5 Å². The van der Waals surface area contributed by atoms with E-state index in [1.807, 2.05) is 0 Å². The molecule has 3 heteroatoms. The van der Waals surface area contributed by atoms with Crippen molar-refractivity contribution in [2.24, 2.45) is 5.73 Å². The molecule has 0 radical (unpaired) electrons. The van der Waals surface area contributed by atoms with Crippen molar-refractivity contribution >= 4 is 0 Å². The largest absolute Gasteiger partial charge is 0.329 e. The summed E-state index contributed by atoms with van der Waals surface area (Å²) in [7, 11) is 0. The number of nitrogens with two attached hydrogens (primary N) is 1. The molecule has 2 N–H and O–H groups in total. The lowest BCUT2D eigenvalue weighted by molar-refractivity contribution is 0.0334. The second-order valence-electron chi connectivity index (χ2n) is 6.28. The number of hydrogen-bond acceptors (Lipinski definition) is 3. The summed E-state index contributed by atoms with van der Waals surface area (Å²) in [5, 5.41) is 0. The molecule has 1 aliphatic rings. The van der Waals surface area contributed by atoms with Gasteiger partial charge in [-0.3, -0.25) is 9.80 Å². The van der Waals surface area contributed by atoms with Crippen LogP contribution in [0.1, 0.15) is 59.3 Å². The van der Waals surface area contributed by atoms with E-state index >= 15 is 0 Å². The molecule has 0 saturated carbocycles. The van der Waals surface area contributed by atoms with E-state index in [1.54, 1.807) is 0 Å². The molecular formula is C16H35N3. The first kappa shape index (κ1) is 16.9. The first-order valence-corrected chi connectivity index (χ1v) is 8.33. The van der Waals surface area contributed by atoms with E-state index in [9.17, 15) is 0 Å². The fourth-order valence-electron chi connectivity index (χ4n) is 3.18. The van der Waals surface area contributed by atoms with Gasteiger partial charge in [-0.15, -0.1) is 0 Å². The van der Waals surface area contributed by atoms with Crippen LogP contribution in [0.15, 0.2) is 0 Å². The molecule has 0 aromatic carbocycles. The minimum atomic E-state index is 0.419. The summed E-state index contributed by atoms with van der Waals surface area (Å²) in [6, 6.07) is 0. The first-order chi connectivity index (χ1) is 9.16. The summed E-state index contributed by atoms with van der Waals surface area (Å²) in [6.45, 7) is 13.8. The van der Waals surface area contributed by atoms with Crippen molar-refractivity contribution in [1.82, 2.24) is 9.80 Å². The van der Waals surface area contributed by atoms with Gasteiger partial charge in [0.05, 0.1) is 0 Å². The molecule has 0 spiro atoms. The second kappa shape index (κ2) is 8.93. The van der Waals surface area contributed by atoms with Gasteiger partial charge in [0.15, 0.2) is 0 Å². The summed E-state index contributed by atoms with van der Waals surface area (Å²) in [6.07, 6.45) is 8.15. The standard InChI is InChI=1S/C16H35N3/c1-4-6-7-8-9-16(3,5-2)19-14-12-18(11-10-17)13-15-19/h4-15,17H2,1-3H3. The quantitative estimate of drug-likeness (QED) is 0.653. The highest BCUT2D eigenvalue weighted by molar-refractivity contribution is 4.88. The van der Waals surface area contributed by atoms with Crippen molar-refractivity contribution < 1.29 is 0 Å². The molecule has 19 heavy (non-hydrogen) atoms. The maximum Gasteiger partial charge on any atom is 0.0179 e. The monoisotopic (exact) mass is 269 g/mol. The third-order valence-electron chi connectivity index (χ3n) is 4.91. The Labute approximate surface area is 120 Å². The average molecular weight is 269 g/mol. The van der Waals surface area contributed by atoms with E-state index in [2.05, 4.69) is 30.6 Å². The zero-order chi connectivity index (χ0) is 14.1. The number of hydrogen-bond donors (Lipinski definition) is 1. The van der Waals surface area contributed by atoms with Gasteiger partial charge >= 0.3 is 0 Å². The predicted molar refractivity (Wildman–Crippen MR) is 84.5 cm³/mol. The van der Waals surface area contributed by atoms with Gasteiger partial charge in [0.2, 0.25) is 0 Å². The fourth-order valence-corrected chi connectivity index (χ4v) is 3.18. The SMILES string of the molecule is CCCCCCC(C)(CC)N1CCN(CCN)CC1.